The van der Waals surface area contributed by atoms with E-state index in [9.17, 15) is 4.79 Å². The molecule has 0 bridgehead atoms. The van der Waals surface area contributed by atoms with Crippen molar-refractivity contribution < 1.29 is 4.79 Å². The molecule has 1 saturated heterocycles. The number of nitrogens with zero attached hydrogens (tertiary/aromatic N) is 5. The molecule has 1 aliphatic rings. The number of likely N-dealkylation sites (N-methyl/N-ethyl adjacent to an activating group) is 1. The minimum Gasteiger partial charge on any atom is -0.368 e. The molecule has 1 aromatic heterocycles. The van der Waals surface area contributed by atoms with Crippen LogP contribution in [0.1, 0.15) is 10.4 Å². The Morgan fingerprint density at radius 3 is 2.52 bits per heavy atom. The molecule has 0 saturated carbocycles. The highest BCUT2D eigenvalue weighted by molar-refractivity contribution is 6.30. The van der Waals surface area contributed by atoms with Crippen LogP contribution in [0, 0.1) is 0 Å². The van der Waals surface area contributed by atoms with E-state index >= 15 is 0 Å². The fourth-order valence-corrected chi connectivity index (χ4v) is 3.13. The van der Waals surface area contributed by atoms with Crippen molar-refractivity contribution in [2.45, 2.75) is 0 Å². The molecule has 7 nitrogen and oxygen atoms in total. The number of hydrogen-bond acceptors (Lipinski definition) is 6. The second-order valence-corrected chi connectivity index (χ2v) is 7.22. The van der Waals surface area contributed by atoms with Gasteiger partial charge in [0.2, 0.25) is 5.95 Å². The van der Waals surface area contributed by atoms with E-state index in [-0.39, 0.29) is 5.91 Å². The van der Waals surface area contributed by atoms with Gasteiger partial charge in [-0.15, -0.1) is 0 Å². The number of aromatic nitrogens is 2. The minimum absolute atomic E-state index is 0.0272. The lowest BCUT2D eigenvalue weighted by atomic mass is 10.2. The van der Waals surface area contributed by atoms with E-state index in [0.29, 0.717) is 24.6 Å². The molecule has 2 heterocycles. The first-order valence-electron chi connectivity index (χ1n) is 9.03. The Bertz CT molecular complexity index is 759. The van der Waals surface area contributed by atoms with Crippen LogP contribution < -0.4 is 10.2 Å². The summed E-state index contributed by atoms with van der Waals surface area (Å²) in [5.74, 6) is 0.514. The normalized spacial score (nSPS) is 14.5. The molecule has 144 valence electrons. The number of halogens is 1. The zero-order valence-electron chi connectivity index (χ0n) is 15.7. The van der Waals surface area contributed by atoms with E-state index in [0.717, 1.165) is 36.9 Å². The zero-order chi connectivity index (χ0) is 19.2. The summed E-state index contributed by atoms with van der Waals surface area (Å²) >= 11 is 6.07. The average molecular weight is 389 g/mol. The molecular formula is C19H25ClN6O. The second-order valence-electron chi connectivity index (χ2n) is 6.78. The van der Waals surface area contributed by atoms with E-state index in [1.807, 2.05) is 43.3 Å². The van der Waals surface area contributed by atoms with E-state index in [4.69, 9.17) is 11.6 Å². The number of nitrogens with one attached hydrogen (secondary N) is 1. The first-order chi connectivity index (χ1) is 13.0. The Labute approximate surface area is 165 Å². The van der Waals surface area contributed by atoms with Gasteiger partial charge in [0.1, 0.15) is 0 Å². The highest BCUT2D eigenvalue weighted by atomic mass is 35.5. The monoisotopic (exact) mass is 388 g/mol. The first kappa shape index (κ1) is 19.4. The van der Waals surface area contributed by atoms with Crippen molar-refractivity contribution in [3.05, 3.63) is 47.2 Å². The molecule has 8 heteroatoms. The molecule has 0 spiro atoms. The predicted molar refractivity (Wildman–Crippen MR) is 109 cm³/mol. The quantitative estimate of drug-likeness (QED) is 0.817. The maximum absolute atomic E-state index is 12.7. The number of piperazine rings is 1. The maximum atomic E-state index is 12.7. The van der Waals surface area contributed by atoms with Gasteiger partial charge in [0.05, 0.1) is 5.56 Å². The van der Waals surface area contributed by atoms with Crippen LogP contribution in [-0.2, 0) is 0 Å². The third kappa shape index (κ3) is 5.30. The van der Waals surface area contributed by atoms with Gasteiger partial charge in [0, 0.05) is 62.4 Å². The lowest BCUT2D eigenvalue weighted by Crippen LogP contribution is -2.48. The first-order valence-corrected chi connectivity index (χ1v) is 9.41. The van der Waals surface area contributed by atoms with Crippen LogP contribution in [0.4, 0.5) is 11.6 Å². The van der Waals surface area contributed by atoms with E-state index < -0.39 is 0 Å². The molecular weight excluding hydrogens is 364 g/mol. The summed E-state index contributed by atoms with van der Waals surface area (Å²) < 4.78 is 0. The Balaban J connectivity index is 1.53. The highest BCUT2D eigenvalue weighted by Crippen LogP contribution is 2.21. The fraction of sp³-hybridized carbons (Fsp3) is 0.421. The van der Waals surface area contributed by atoms with Crippen molar-refractivity contribution in [2.75, 3.05) is 63.6 Å². The maximum Gasteiger partial charge on any atom is 0.257 e. The number of anilines is 2. The predicted octanol–water partition coefficient (Wildman–Crippen LogP) is 2.07. The van der Waals surface area contributed by atoms with E-state index in [2.05, 4.69) is 25.1 Å². The molecule has 0 unspecified atom stereocenters. The molecule has 3 rings (SSSR count). The van der Waals surface area contributed by atoms with Crippen LogP contribution in [0.3, 0.4) is 0 Å². The van der Waals surface area contributed by atoms with Gasteiger partial charge in [0.25, 0.3) is 5.91 Å². The van der Waals surface area contributed by atoms with Crippen LogP contribution in [0.2, 0.25) is 5.02 Å². The number of benzene rings is 1. The molecule has 27 heavy (non-hydrogen) atoms. The van der Waals surface area contributed by atoms with Crippen LogP contribution in [-0.4, -0.2) is 79.0 Å². The van der Waals surface area contributed by atoms with E-state index in [1.54, 1.807) is 12.4 Å². The van der Waals surface area contributed by atoms with Crippen molar-refractivity contribution in [3.63, 3.8) is 0 Å². The van der Waals surface area contributed by atoms with Crippen molar-refractivity contribution in [3.8, 4) is 0 Å². The summed E-state index contributed by atoms with van der Waals surface area (Å²) in [4.78, 5) is 27.4. The molecule has 1 amide bonds. The Morgan fingerprint density at radius 1 is 1.19 bits per heavy atom. The Morgan fingerprint density at radius 2 is 1.89 bits per heavy atom. The summed E-state index contributed by atoms with van der Waals surface area (Å²) in [5.41, 5.74) is 1.61. The summed E-state index contributed by atoms with van der Waals surface area (Å²) in [5, 5.41) is 3.87. The van der Waals surface area contributed by atoms with Crippen LogP contribution in [0.5, 0.6) is 0 Å². The third-order valence-electron chi connectivity index (χ3n) is 4.48. The van der Waals surface area contributed by atoms with Gasteiger partial charge >= 0.3 is 0 Å². The molecule has 2 aromatic rings. The smallest absolute Gasteiger partial charge is 0.257 e. The molecule has 1 N–H and O–H groups in total. The van der Waals surface area contributed by atoms with Gasteiger partial charge in [-0.2, -0.15) is 0 Å². The van der Waals surface area contributed by atoms with Gasteiger partial charge in [0.15, 0.2) is 0 Å². The van der Waals surface area contributed by atoms with Gasteiger partial charge in [-0.25, -0.2) is 9.97 Å². The van der Waals surface area contributed by atoms with E-state index in [1.165, 1.54) is 0 Å². The minimum atomic E-state index is -0.0272. The summed E-state index contributed by atoms with van der Waals surface area (Å²) in [6, 6.07) is 7.80. The topological polar surface area (TPSA) is 64.6 Å². The summed E-state index contributed by atoms with van der Waals surface area (Å²) in [7, 11) is 4.02. The van der Waals surface area contributed by atoms with Crippen molar-refractivity contribution in [2.24, 2.45) is 0 Å². The third-order valence-corrected chi connectivity index (χ3v) is 4.72. The Hall–Kier alpha value is -2.38. The fourth-order valence-electron chi connectivity index (χ4n) is 2.94. The second kappa shape index (κ2) is 9.01. The van der Waals surface area contributed by atoms with Crippen LogP contribution in [0.25, 0.3) is 0 Å². The number of hydrogen-bond donors (Lipinski definition) is 1. The SMILES string of the molecule is CN(C)CCNc1ncc(C(=O)N2CCN(c3cccc(Cl)c3)CC2)cn1. The number of carbonyl (C=O) groups excluding carboxylic acids is 1. The number of rotatable bonds is 6. The molecule has 1 aromatic carbocycles. The van der Waals surface area contributed by atoms with Gasteiger partial charge in [-0.05, 0) is 32.3 Å². The van der Waals surface area contributed by atoms with Gasteiger partial charge in [-0.1, -0.05) is 17.7 Å². The molecule has 1 aliphatic heterocycles. The molecule has 1 fully saturated rings. The van der Waals surface area contributed by atoms with Crippen molar-refractivity contribution in [1.82, 2.24) is 19.8 Å². The lowest BCUT2D eigenvalue weighted by Gasteiger charge is -2.36. The highest BCUT2D eigenvalue weighted by Gasteiger charge is 2.23. The summed E-state index contributed by atoms with van der Waals surface area (Å²) in [6.45, 7) is 4.52. The zero-order valence-corrected chi connectivity index (χ0v) is 16.5. The summed E-state index contributed by atoms with van der Waals surface area (Å²) in [6.07, 6.45) is 3.19. The van der Waals surface area contributed by atoms with Crippen LogP contribution in [0.15, 0.2) is 36.7 Å². The average Bonchev–Trinajstić information content (AvgIpc) is 2.68. The van der Waals surface area contributed by atoms with Crippen LogP contribution >= 0.6 is 11.6 Å². The number of carbonyl (C=O) groups is 1. The molecule has 0 atom stereocenters. The van der Waals surface area contributed by atoms with Crippen molar-refractivity contribution in [1.29, 1.82) is 0 Å². The van der Waals surface area contributed by atoms with Gasteiger partial charge in [-0.3, -0.25) is 4.79 Å². The van der Waals surface area contributed by atoms with Gasteiger partial charge < -0.3 is 20.0 Å². The largest absolute Gasteiger partial charge is 0.368 e. The number of amides is 1. The molecule has 0 radical (unpaired) electrons. The molecule has 0 aliphatic carbocycles. The van der Waals surface area contributed by atoms with Crippen molar-refractivity contribution >= 4 is 29.1 Å². The standard InChI is InChI=1S/C19H25ClN6O/c1-24(2)7-6-21-19-22-13-15(14-23-19)18(27)26-10-8-25(9-11-26)17-5-3-4-16(20)12-17/h3-5,12-14H,6-11H2,1-2H3,(H,21,22,23). The lowest BCUT2D eigenvalue weighted by molar-refractivity contribution is 0.0746. The Kier molecular flexibility index (Phi) is 6.47.